The van der Waals surface area contributed by atoms with Gasteiger partial charge in [0.1, 0.15) is 5.75 Å². The van der Waals surface area contributed by atoms with E-state index in [9.17, 15) is 4.79 Å². The van der Waals surface area contributed by atoms with Gasteiger partial charge in [0.15, 0.2) is 0 Å². The van der Waals surface area contributed by atoms with Gasteiger partial charge in [-0.05, 0) is 48.8 Å². The fourth-order valence-corrected chi connectivity index (χ4v) is 4.80. The van der Waals surface area contributed by atoms with Crippen molar-refractivity contribution in [3.63, 3.8) is 0 Å². The number of benzene rings is 1. The molecular weight excluding hydrogens is 316 g/mol. The smallest absolute Gasteiger partial charge is 0.335 e. The second kappa shape index (κ2) is 5.96. The Morgan fingerprint density at radius 3 is 2.62 bits per heavy atom. The molecular formula is C21H24O2S. The highest BCUT2D eigenvalue weighted by atomic mass is 32.1. The topological polar surface area (TPSA) is 26.3 Å². The summed E-state index contributed by atoms with van der Waals surface area (Å²) in [6.45, 7) is 8.76. The van der Waals surface area contributed by atoms with E-state index in [1.165, 1.54) is 24.5 Å². The van der Waals surface area contributed by atoms with Gasteiger partial charge >= 0.3 is 5.97 Å². The predicted octanol–water partition coefficient (Wildman–Crippen LogP) is 5.38. The largest absolute Gasteiger partial charge is 0.423 e. The molecule has 0 N–H and O–H groups in total. The zero-order chi connectivity index (χ0) is 17.5. The molecule has 0 amide bonds. The van der Waals surface area contributed by atoms with Crippen molar-refractivity contribution in [1.82, 2.24) is 0 Å². The zero-order valence-electron chi connectivity index (χ0n) is 14.8. The third-order valence-corrected chi connectivity index (χ3v) is 6.79. The van der Waals surface area contributed by atoms with Crippen LogP contribution in [-0.2, 0) is 4.79 Å². The Morgan fingerprint density at radius 2 is 2.00 bits per heavy atom. The van der Waals surface area contributed by atoms with E-state index in [4.69, 9.17) is 17.0 Å². The first-order valence-electron chi connectivity index (χ1n) is 8.51. The van der Waals surface area contributed by atoms with Gasteiger partial charge in [-0.3, -0.25) is 0 Å². The summed E-state index contributed by atoms with van der Waals surface area (Å²) in [7, 11) is 0. The average molecular weight is 340 g/mol. The lowest BCUT2D eigenvalue weighted by atomic mass is 9.71. The first-order chi connectivity index (χ1) is 11.3. The summed E-state index contributed by atoms with van der Waals surface area (Å²) in [5.41, 5.74) is 2.44. The molecule has 0 spiro atoms. The highest BCUT2D eigenvalue weighted by Gasteiger charge is 2.61. The van der Waals surface area contributed by atoms with Gasteiger partial charge in [0.05, 0.1) is 0 Å². The average Bonchev–Trinajstić information content (AvgIpc) is 2.83. The van der Waals surface area contributed by atoms with Gasteiger partial charge in [-0.25, -0.2) is 4.79 Å². The number of hydrogen-bond donors (Lipinski definition) is 0. The molecule has 0 aromatic heterocycles. The van der Waals surface area contributed by atoms with Crippen molar-refractivity contribution in [2.24, 2.45) is 16.7 Å². The van der Waals surface area contributed by atoms with Crippen LogP contribution in [0.3, 0.4) is 0 Å². The molecule has 1 aromatic carbocycles. The van der Waals surface area contributed by atoms with Crippen molar-refractivity contribution in [2.75, 3.05) is 0 Å². The number of rotatable bonds is 3. The van der Waals surface area contributed by atoms with Crippen molar-refractivity contribution in [3.05, 3.63) is 47.6 Å². The van der Waals surface area contributed by atoms with Gasteiger partial charge in [0, 0.05) is 21.9 Å². The van der Waals surface area contributed by atoms with Crippen molar-refractivity contribution in [3.8, 4) is 5.75 Å². The lowest BCUT2D eigenvalue weighted by Gasteiger charge is -2.33. The predicted molar refractivity (Wildman–Crippen MR) is 102 cm³/mol. The Bertz CT molecular complexity index is 757. The van der Waals surface area contributed by atoms with Gasteiger partial charge < -0.3 is 4.74 Å². The SMILES string of the molecule is C/C=C/C(=O)Oc1ccccc1/C=C1/C(=S)C2(C)CCC1C2(C)C. The van der Waals surface area contributed by atoms with Gasteiger partial charge in [0.2, 0.25) is 0 Å². The second-order valence-electron chi connectivity index (χ2n) is 7.53. The standard InChI is InChI=1S/C21H24O2S/c1-5-8-18(22)23-17-10-7-6-9-14(17)13-15-16-11-12-21(4,19(15)24)20(16,2)3/h5-10,13,16H,11-12H2,1-4H3/b8-5+,15-13+. The number of carbonyl (C=O) groups is 1. The van der Waals surface area contributed by atoms with E-state index >= 15 is 0 Å². The summed E-state index contributed by atoms with van der Waals surface area (Å²) in [6.07, 6.45) is 7.58. The van der Waals surface area contributed by atoms with E-state index in [2.05, 4.69) is 26.8 Å². The Kier molecular flexibility index (Phi) is 4.25. The van der Waals surface area contributed by atoms with Crippen LogP contribution in [0.15, 0.2) is 42.0 Å². The number of thiocarbonyl (C=S) groups is 1. The fraction of sp³-hybridized carbons (Fsp3) is 0.429. The molecule has 2 bridgehead atoms. The van der Waals surface area contributed by atoms with Crippen LogP contribution >= 0.6 is 12.2 Å². The lowest BCUT2D eigenvalue weighted by molar-refractivity contribution is -0.129. The maximum absolute atomic E-state index is 11.8. The summed E-state index contributed by atoms with van der Waals surface area (Å²) < 4.78 is 5.48. The summed E-state index contributed by atoms with van der Waals surface area (Å²) in [6, 6.07) is 7.65. The molecule has 0 aliphatic heterocycles. The Morgan fingerprint density at radius 1 is 1.29 bits per heavy atom. The molecule has 126 valence electrons. The molecule has 0 heterocycles. The highest BCUT2D eigenvalue weighted by molar-refractivity contribution is 7.81. The minimum Gasteiger partial charge on any atom is -0.423 e. The number of para-hydroxylation sites is 1. The molecule has 3 heteroatoms. The van der Waals surface area contributed by atoms with Crippen molar-refractivity contribution in [2.45, 2.75) is 40.5 Å². The van der Waals surface area contributed by atoms with Crippen LogP contribution in [0.5, 0.6) is 5.75 Å². The Hall–Kier alpha value is -1.74. The highest BCUT2D eigenvalue weighted by Crippen LogP contribution is 2.66. The maximum atomic E-state index is 11.8. The van der Waals surface area contributed by atoms with Crippen molar-refractivity contribution in [1.29, 1.82) is 0 Å². The molecule has 2 saturated carbocycles. The number of allylic oxidation sites excluding steroid dienone is 2. The van der Waals surface area contributed by atoms with Crippen LogP contribution in [-0.4, -0.2) is 10.8 Å². The van der Waals surface area contributed by atoms with Crippen LogP contribution in [0.1, 0.15) is 46.1 Å². The molecule has 2 fully saturated rings. The summed E-state index contributed by atoms with van der Waals surface area (Å²) in [4.78, 5) is 12.9. The molecule has 3 rings (SSSR count). The number of carbonyl (C=O) groups excluding carboxylic acids is 1. The normalized spacial score (nSPS) is 29.6. The van der Waals surface area contributed by atoms with E-state index in [1.54, 1.807) is 13.0 Å². The molecule has 0 saturated heterocycles. The molecule has 2 aliphatic carbocycles. The number of esters is 1. The van der Waals surface area contributed by atoms with E-state index in [0.717, 1.165) is 10.4 Å². The molecule has 2 unspecified atom stereocenters. The van der Waals surface area contributed by atoms with E-state index in [0.29, 0.717) is 11.7 Å². The van der Waals surface area contributed by atoms with Crippen molar-refractivity contribution < 1.29 is 9.53 Å². The number of fused-ring (bicyclic) bond motifs is 2. The van der Waals surface area contributed by atoms with E-state index in [-0.39, 0.29) is 16.8 Å². The van der Waals surface area contributed by atoms with E-state index in [1.807, 2.05) is 24.3 Å². The minimum absolute atomic E-state index is 0.0927. The van der Waals surface area contributed by atoms with Gasteiger partial charge in [-0.1, -0.05) is 57.3 Å². The van der Waals surface area contributed by atoms with Crippen LogP contribution in [0.4, 0.5) is 0 Å². The molecule has 2 nitrogen and oxygen atoms in total. The molecule has 2 aliphatic rings. The molecule has 24 heavy (non-hydrogen) atoms. The van der Waals surface area contributed by atoms with Crippen molar-refractivity contribution >= 4 is 29.1 Å². The quantitative estimate of drug-likeness (QED) is 0.320. The number of ether oxygens (including phenoxy) is 1. The van der Waals surface area contributed by atoms with Gasteiger partial charge in [0.25, 0.3) is 0 Å². The summed E-state index contributed by atoms with van der Waals surface area (Å²) in [5.74, 6) is 0.710. The summed E-state index contributed by atoms with van der Waals surface area (Å²) >= 11 is 5.84. The van der Waals surface area contributed by atoms with Crippen LogP contribution in [0.25, 0.3) is 6.08 Å². The van der Waals surface area contributed by atoms with Gasteiger partial charge in [-0.2, -0.15) is 0 Å². The lowest BCUT2D eigenvalue weighted by Crippen LogP contribution is -2.31. The Balaban J connectivity index is 1.99. The molecule has 1 aromatic rings. The van der Waals surface area contributed by atoms with Gasteiger partial charge in [-0.15, -0.1) is 0 Å². The third-order valence-electron chi connectivity index (χ3n) is 6.11. The summed E-state index contributed by atoms with van der Waals surface area (Å²) in [5, 5.41) is 0. The second-order valence-corrected chi connectivity index (χ2v) is 7.94. The maximum Gasteiger partial charge on any atom is 0.335 e. The first kappa shape index (κ1) is 17.1. The van der Waals surface area contributed by atoms with Crippen LogP contribution in [0.2, 0.25) is 0 Å². The minimum atomic E-state index is -0.355. The van der Waals surface area contributed by atoms with E-state index < -0.39 is 0 Å². The zero-order valence-corrected chi connectivity index (χ0v) is 15.6. The molecule has 2 atom stereocenters. The third kappa shape index (κ3) is 2.46. The first-order valence-corrected chi connectivity index (χ1v) is 8.92. The van der Waals surface area contributed by atoms with Crippen LogP contribution < -0.4 is 4.74 Å². The van der Waals surface area contributed by atoms with Crippen LogP contribution in [0, 0.1) is 16.7 Å². The Labute approximate surface area is 149 Å². The monoisotopic (exact) mass is 340 g/mol. The fourth-order valence-electron chi connectivity index (χ4n) is 4.23. The number of hydrogen-bond acceptors (Lipinski definition) is 3. The molecule has 0 radical (unpaired) electrons.